The molecule has 2 unspecified atom stereocenters. The second-order valence-corrected chi connectivity index (χ2v) is 7.23. The highest BCUT2D eigenvalue weighted by Crippen LogP contribution is 2.32. The van der Waals surface area contributed by atoms with Crippen LogP contribution < -0.4 is 10.0 Å². The second kappa shape index (κ2) is 7.70. The summed E-state index contributed by atoms with van der Waals surface area (Å²) in [5.41, 5.74) is -1.85. The molecular formula is C14H17ClF3N3O2S. The Labute approximate surface area is 144 Å². The highest BCUT2D eigenvalue weighted by molar-refractivity contribution is 7.89. The van der Waals surface area contributed by atoms with Crippen molar-refractivity contribution >= 4 is 22.4 Å². The van der Waals surface area contributed by atoms with Gasteiger partial charge < -0.3 is 5.32 Å². The second-order valence-electron chi connectivity index (χ2n) is 5.51. The van der Waals surface area contributed by atoms with Gasteiger partial charge in [-0.15, -0.1) is 12.4 Å². The van der Waals surface area contributed by atoms with E-state index in [1.165, 1.54) is 6.07 Å². The SMILES string of the molecule is CC1CNCCC1NS(=O)(=O)c1ccc(C(F)(F)F)c(C#N)c1.Cl. The van der Waals surface area contributed by atoms with Gasteiger partial charge in [0.05, 0.1) is 22.1 Å². The first kappa shape index (κ1) is 20.7. The molecule has 1 aliphatic heterocycles. The molecule has 2 rings (SSSR count). The van der Waals surface area contributed by atoms with Crippen LogP contribution in [-0.2, 0) is 16.2 Å². The third-order valence-electron chi connectivity index (χ3n) is 3.82. The fraction of sp³-hybridized carbons (Fsp3) is 0.500. The first-order valence-electron chi connectivity index (χ1n) is 6.99. The highest BCUT2D eigenvalue weighted by Gasteiger charge is 2.35. The Morgan fingerprint density at radius 2 is 2.04 bits per heavy atom. The first-order chi connectivity index (χ1) is 10.6. The molecule has 0 aromatic heterocycles. The number of hydrogen-bond acceptors (Lipinski definition) is 4. The van der Waals surface area contributed by atoms with Crippen LogP contribution in [0.1, 0.15) is 24.5 Å². The number of halogens is 4. The lowest BCUT2D eigenvalue weighted by atomic mass is 9.97. The van der Waals surface area contributed by atoms with E-state index in [2.05, 4.69) is 10.0 Å². The van der Waals surface area contributed by atoms with Gasteiger partial charge in [-0.3, -0.25) is 0 Å². The van der Waals surface area contributed by atoms with Crippen LogP contribution in [0.2, 0.25) is 0 Å². The molecule has 1 aromatic rings. The minimum absolute atomic E-state index is 0. The normalized spacial score (nSPS) is 21.6. The maximum Gasteiger partial charge on any atom is 0.417 e. The van der Waals surface area contributed by atoms with Gasteiger partial charge >= 0.3 is 6.18 Å². The average molecular weight is 384 g/mol. The van der Waals surface area contributed by atoms with E-state index in [4.69, 9.17) is 5.26 Å². The zero-order valence-corrected chi connectivity index (χ0v) is 14.4. The standard InChI is InChI=1S/C14H16F3N3O2S.ClH/c1-9-8-19-5-4-13(9)20-23(21,22)11-2-3-12(14(15,16)17)10(6-11)7-18;/h2-3,6,9,13,19-20H,4-5,8H2,1H3;1H. The largest absolute Gasteiger partial charge is 0.417 e. The molecule has 0 bridgehead atoms. The van der Waals surface area contributed by atoms with Gasteiger partial charge in [-0.25, -0.2) is 13.1 Å². The molecule has 2 atom stereocenters. The molecule has 2 N–H and O–H groups in total. The van der Waals surface area contributed by atoms with Crippen molar-refractivity contribution in [2.24, 2.45) is 5.92 Å². The molecule has 1 fully saturated rings. The molecule has 0 radical (unpaired) electrons. The number of rotatable bonds is 3. The van der Waals surface area contributed by atoms with Crippen LogP contribution in [0, 0.1) is 17.2 Å². The highest BCUT2D eigenvalue weighted by atomic mass is 35.5. The number of hydrogen-bond donors (Lipinski definition) is 2. The molecule has 1 aliphatic rings. The van der Waals surface area contributed by atoms with Crippen molar-refractivity contribution in [1.82, 2.24) is 10.0 Å². The van der Waals surface area contributed by atoms with Crippen LogP contribution in [0.25, 0.3) is 0 Å². The van der Waals surface area contributed by atoms with Gasteiger partial charge in [0.1, 0.15) is 0 Å². The van der Waals surface area contributed by atoms with Gasteiger partial charge in [0.25, 0.3) is 0 Å². The van der Waals surface area contributed by atoms with Crippen LogP contribution >= 0.6 is 12.4 Å². The first-order valence-corrected chi connectivity index (χ1v) is 8.48. The summed E-state index contributed by atoms with van der Waals surface area (Å²) in [5.74, 6) is 0.0587. The van der Waals surface area contributed by atoms with Crippen LogP contribution in [-0.4, -0.2) is 27.5 Å². The van der Waals surface area contributed by atoms with Gasteiger partial charge in [-0.05, 0) is 43.6 Å². The third kappa shape index (κ3) is 4.60. The predicted octanol–water partition coefficient (Wildman–Crippen LogP) is 2.28. The van der Waals surface area contributed by atoms with Crippen LogP contribution in [0.3, 0.4) is 0 Å². The summed E-state index contributed by atoms with van der Waals surface area (Å²) in [4.78, 5) is -0.340. The van der Waals surface area contributed by atoms with E-state index in [0.29, 0.717) is 25.6 Å². The van der Waals surface area contributed by atoms with Crippen molar-refractivity contribution in [3.63, 3.8) is 0 Å². The molecule has 0 spiro atoms. The Hall–Kier alpha value is -1.34. The smallest absolute Gasteiger partial charge is 0.316 e. The van der Waals surface area contributed by atoms with Gasteiger partial charge in [0, 0.05) is 6.04 Å². The Balaban J connectivity index is 0.00000288. The number of nitrogens with one attached hydrogen (secondary N) is 2. The zero-order valence-electron chi connectivity index (χ0n) is 12.7. The van der Waals surface area contributed by atoms with E-state index >= 15 is 0 Å². The Morgan fingerprint density at radius 1 is 1.38 bits per heavy atom. The number of alkyl halides is 3. The molecule has 134 valence electrons. The number of piperidine rings is 1. The maximum atomic E-state index is 12.8. The van der Waals surface area contributed by atoms with Crippen LogP contribution in [0.4, 0.5) is 13.2 Å². The van der Waals surface area contributed by atoms with Crippen molar-refractivity contribution in [3.8, 4) is 6.07 Å². The van der Waals surface area contributed by atoms with Gasteiger partial charge in [0.15, 0.2) is 0 Å². The Morgan fingerprint density at radius 3 is 2.58 bits per heavy atom. The Bertz CT molecular complexity index is 732. The lowest BCUT2D eigenvalue weighted by Gasteiger charge is -2.30. The van der Waals surface area contributed by atoms with E-state index in [-0.39, 0.29) is 29.3 Å². The molecule has 1 heterocycles. The van der Waals surface area contributed by atoms with E-state index in [1.54, 1.807) is 0 Å². The summed E-state index contributed by atoms with van der Waals surface area (Å²) in [6.45, 7) is 3.20. The summed E-state index contributed by atoms with van der Waals surface area (Å²) in [5, 5.41) is 12.0. The fourth-order valence-corrected chi connectivity index (χ4v) is 3.89. The Kier molecular flexibility index (Phi) is 6.64. The van der Waals surface area contributed by atoms with Crippen LogP contribution in [0.15, 0.2) is 23.1 Å². The molecule has 0 amide bonds. The quantitative estimate of drug-likeness (QED) is 0.839. The van der Waals surface area contributed by atoms with E-state index in [1.807, 2.05) is 6.92 Å². The summed E-state index contributed by atoms with van der Waals surface area (Å²) in [6, 6.07) is 3.37. The molecule has 24 heavy (non-hydrogen) atoms. The number of benzene rings is 1. The number of nitrogens with zero attached hydrogens (tertiary/aromatic N) is 1. The third-order valence-corrected chi connectivity index (χ3v) is 5.31. The van der Waals surface area contributed by atoms with Crippen molar-refractivity contribution in [2.75, 3.05) is 13.1 Å². The minimum atomic E-state index is -4.70. The van der Waals surface area contributed by atoms with Crippen molar-refractivity contribution < 1.29 is 21.6 Å². The number of sulfonamides is 1. The van der Waals surface area contributed by atoms with Crippen molar-refractivity contribution in [3.05, 3.63) is 29.3 Å². The van der Waals surface area contributed by atoms with E-state index in [0.717, 1.165) is 12.1 Å². The van der Waals surface area contributed by atoms with Gasteiger partial charge in [-0.2, -0.15) is 18.4 Å². The lowest BCUT2D eigenvalue weighted by Crippen LogP contribution is -2.48. The van der Waals surface area contributed by atoms with E-state index in [9.17, 15) is 21.6 Å². The monoisotopic (exact) mass is 383 g/mol. The molecule has 1 aromatic carbocycles. The minimum Gasteiger partial charge on any atom is -0.316 e. The van der Waals surface area contributed by atoms with E-state index < -0.39 is 27.3 Å². The fourth-order valence-electron chi connectivity index (χ4n) is 2.49. The summed E-state index contributed by atoms with van der Waals surface area (Å²) in [7, 11) is -3.98. The molecular weight excluding hydrogens is 367 g/mol. The van der Waals surface area contributed by atoms with Crippen molar-refractivity contribution in [2.45, 2.75) is 30.5 Å². The average Bonchev–Trinajstić information content (AvgIpc) is 2.48. The summed E-state index contributed by atoms with van der Waals surface area (Å²) >= 11 is 0. The molecule has 0 aliphatic carbocycles. The van der Waals surface area contributed by atoms with Gasteiger partial charge in [0.2, 0.25) is 10.0 Å². The molecule has 10 heteroatoms. The summed E-state index contributed by atoms with van der Waals surface area (Å²) in [6.07, 6.45) is -4.11. The number of nitriles is 1. The lowest BCUT2D eigenvalue weighted by molar-refractivity contribution is -0.137. The zero-order chi connectivity index (χ0) is 17.3. The summed E-state index contributed by atoms with van der Waals surface area (Å²) < 4.78 is 65.5. The maximum absolute atomic E-state index is 12.8. The van der Waals surface area contributed by atoms with Crippen molar-refractivity contribution in [1.29, 1.82) is 5.26 Å². The molecule has 5 nitrogen and oxygen atoms in total. The molecule has 0 saturated carbocycles. The predicted molar refractivity (Wildman–Crippen MR) is 84.2 cm³/mol. The molecule has 1 saturated heterocycles. The topological polar surface area (TPSA) is 82.0 Å². The van der Waals surface area contributed by atoms with Gasteiger partial charge in [-0.1, -0.05) is 6.92 Å². The van der Waals surface area contributed by atoms with Crippen LogP contribution in [0.5, 0.6) is 0 Å².